The van der Waals surface area contributed by atoms with Crippen molar-refractivity contribution in [2.45, 2.75) is 6.18 Å². The summed E-state index contributed by atoms with van der Waals surface area (Å²) in [5.41, 5.74) is 1.88. The molecule has 0 radical (unpaired) electrons. The Morgan fingerprint density at radius 3 is 2.52 bits per heavy atom. The Morgan fingerprint density at radius 1 is 0.870 bits per heavy atom. The van der Waals surface area contributed by atoms with Crippen molar-refractivity contribution >= 4 is 16.8 Å². The molecule has 114 valence electrons. The second kappa shape index (κ2) is 4.81. The Bertz CT molecular complexity index is 1020. The number of hydrogen-bond acceptors (Lipinski definition) is 2. The van der Waals surface area contributed by atoms with Crippen molar-refractivity contribution in [1.29, 1.82) is 0 Å². The van der Waals surface area contributed by atoms with Crippen molar-refractivity contribution in [2.24, 2.45) is 0 Å². The van der Waals surface area contributed by atoms with Crippen LogP contribution >= 0.6 is 0 Å². The molecule has 0 fully saturated rings. The number of fused-ring (bicyclic) bond motifs is 3. The first-order valence-corrected chi connectivity index (χ1v) is 6.94. The van der Waals surface area contributed by atoms with Gasteiger partial charge in [-0.15, -0.1) is 0 Å². The monoisotopic (exact) mass is 313 g/mol. The van der Waals surface area contributed by atoms with Crippen LogP contribution in [0.1, 0.15) is 5.56 Å². The van der Waals surface area contributed by atoms with Crippen LogP contribution in [-0.4, -0.2) is 14.4 Å². The van der Waals surface area contributed by atoms with Crippen molar-refractivity contribution in [3.05, 3.63) is 66.4 Å². The summed E-state index contributed by atoms with van der Waals surface area (Å²) in [5, 5.41) is 0. The topological polar surface area (TPSA) is 30.2 Å². The standard InChI is InChI=1S/C17H10F3N3/c18-17(19,20)12-5-3-4-11(10-12)13-8-9-23-15-7-2-1-6-14(15)22-16(23)21-13/h1-10H. The lowest BCUT2D eigenvalue weighted by Crippen LogP contribution is -2.04. The van der Waals surface area contributed by atoms with Gasteiger partial charge in [0.1, 0.15) is 0 Å². The molecule has 2 heterocycles. The SMILES string of the molecule is FC(F)(F)c1cccc(-c2ccn3c(n2)nc2ccccc23)c1. The minimum absolute atomic E-state index is 0.411. The maximum absolute atomic E-state index is 12.8. The highest BCUT2D eigenvalue weighted by atomic mass is 19.4. The lowest BCUT2D eigenvalue weighted by atomic mass is 10.1. The van der Waals surface area contributed by atoms with E-state index in [1.807, 2.05) is 28.7 Å². The maximum atomic E-state index is 12.8. The van der Waals surface area contributed by atoms with Crippen molar-refractivity contribution < 1.29 is 13.2 Å². The predicted octanol–water partition coefficient (Wildman–Crippen LogP) is 4.57. The van der Waals surface area contributed by atoms with Gasteiger partial charge in [-0.25, -0.2) is 9.97 Å². The van der Waals surface area contributed by atoms with E-state index in [9.17, 15) is 13.2 Å². The average molecular weight is 313 g/mol. The number of aromatic nitrogens is 3. The Balaban J connectivity index is 1.88. The first-order valence-electron chi connectivity index (χ1n) is 6.94. The highest BCUT2D eigenvalue weighted by molar-refractivity contribution is 5.80. The highest BCUT2D eigenvalue weighted by Crippen LogP contribution is 2.31. The molecular formula is C17H10F3N3. The van der Waals surface area contributed by atoms with Crippen molar-refractivity contribution in [2.75, 3.05) is 0 Å². The van der Waals surface area contributed by atoms with Gasteiger partial charge in [0.05, 0.1) is 22.3 Å². The molecule has 0 saturated heterocycles. The molecular weight excluding hydrogens is 303 g/mol. The summed E-state index contributed by atoms with van der Waals surface area (Å²) in [4.78, 5) is 8.79. The van der Waals surface area contributed by atoms with E-state index in [4.69, 9.17) is 0 Å². The second-order valence-corrected chi connectivity index (χ2v) is 5.16. The molecule has 0 amide bonds. The third-order valence-electron chi connectivity index (χ3n) is 3.66. The van der Waals surface area contributed by atoms with Crippen LogP contribution in [0.4, 0.5) is 13.2 Å². The van der Waals surface area contributed by atoms with E-state index in [0.717, 1.165) is 23.2 Å². The van der Waals surface area contributed by atoms with Gasteiger partial charge < -0.3 is 0 Å². The number of halogens is 3. The van der Waals surface area contributed by atoms with Gasteiger partial charge in [-0.05, 0) is 30.3 Å². The third kappa shape index (κ3) is 2.32. The van der Waals surface area contributed by atoms with Gasteiger partial charge in [0.2, 0.25) is 5.78 Å². The molecule has 2 aromatic carbocycles. The largest absolute Gasteiger partial charge is 0.416 e. The summed E-state index contributed by atoms with van der Waals surface area (Å²) < 4.78 is 40.3. The van der Waals surface area contributed by atoms with Crippen LogP contribution < -0.4 is 0 Å². The molecule has 0 aliphatic rings. The summed E-state index contributed by atoms with van der Waals surface area (Å²) in [6, 6.07) is 14.4. The van der Waals surface area contributed by atoms with E-state index < -0.39 is 11.7 Å². The third-order valence-corrected chi connectivity index (χ3v) is 3.66. The first kappa shape index (κ1) is 13.8. The molecule has 0 aliphatic carbocycles. The zero-order valence-electron chi connectivity index (χ0n) is 11.7. The van der Waals surface area contributed by atoms with Crippen LogP contribution in [0.15, 0.2) is 60.8 Å². The molecule has 0 aliphatic heterocycles. The molecule has 4 rings (SSSR count). The van der Waals surface area contributed by atoms with Crippen LogP contribution in [0, 0.1) is 0 Å². The van der Waals surface area contributed by atoms with E-state index in [-0.39, 0.29) is 0 Å². The number of hydrogen-bond donors (Lipinski definition) is 0. The number of para-hydroxylation sites is 2. The molecule has 23 heavy (non-hydrogen) atoms. The normalized spacial score (nSPS) is 12.1. The fourth-order valence-electron chi connectivity index (χ4n) is 2.56. The molecule has 0 unspecified atom stereocenters. The molecule has 4 aromatic rings. The molecule has 0 atom stereocenters. The number of nitrogens with zero attached hydrogens (tertiary/aromatic N) is 3. The molecule has 0 N–H and O–H groups in total. The van der Waals surface area contributed by atoms with Crippen LogP contribution in [0.5, 0.6) is 0 Å². The van der Waals surface area contributed by atoms with Crippen LogP contribution in [0.3, 0.4) is 0 Å². The molecule has 0 spiro atoms. The number of alkyl halides is 3. The first-order chi connectivity index (χ1) is 11.0. The maximum Gasteiger partial charge on any atom is 0.416 e. The van der Waals surface area contributed by atoms with Gasteiger partial charge >= 0.3 is 6.18 Å². The van der Waals surface area contributed by atoms with Gasteiger partial charge in [0, 0.05) is 11.8 Å². The molecule has 0 saturated carbocycles. The molecule has 2 aromatic heterocycles. The fourth-order valence-corrected chi connectivity index (χ4v) is 2.56. The van der Waals surface area contributed by atoms with E-state index in [2.05, 4.69) is 9.97 Å². The van der Waals surface area contributed by atoms with Crippen LogP contribution in [0.2, 0.25) is 0 Å². The Morgan fingerprint density at radius 2 is 1.70 bits per heavy atom. The Kier molecular flexibility index (Phi) is 2.87. The number of benzene rings is 2. The molecule has 6 heteroatoms. The number of rotatable bonds is 1. The summed E-state index contributed by atoms with van der Waals surface area (Å²) in [5.74, 6) is 0.459. The lowest BCUT2D eigenvalue weighted by molar-refractivity contribution is -0.137. The fraction of sp³-hybridized carbons (Fsp3) is 0.0588. The van der Waals surface area contributed by atoms with Crippen molar-refractivity contribution in [1.82, 2.24) is 14.4 Å². The summed E-state index contributed by atoms with van der Waals surface area (Å²) in [6.07, 6.45) is -2.60. The lowest BCUT2D eigenvalue weighted by Gasteiger charge is -2.08. The number of imidazole rings is 1. The zero-order valence-corrected chi connectivity index (χ0v) is 11.7. The molecule has 3 nitrogen and oxygen atoms in total. The Labute approximate surface area is 129 Å². The Hall–Kier alpha value is -2.89. The van der Waals surface area contributed by atoms with Gasteiger partial charge in [-0.1, -0.05) is 24.3 Å². The quantitative estimate of drug-likeness (QED) is 0.515. The van der Waals surface area contributed by atoms with Gasteiger partial charge in [-0.3, -0.25) is 4.40 Å². The van der Waals surface area contributed by atoms with Crippen molar-refractivity contribution in [3.63, 3.8) is 0 Å². The molecule has 0 bridgehead atoms. The van der Waals surface area contributed by atoms with Crippen LogP contribution in [-0.2, 0) is 6.18 Å². The highest BCUT2D eigenvalue weighted by Gasteiger charge is 2.30. The van der Waals surface area contributed by atoms with E-state index >= 15 is 0 Å². The van der Waals surface area contributed by atoms with Crippen LogP contribution in [0.25, 0.3) is 28.1 Å². The van der Waals surface area contributed by atoms with Gasteiger partial charge in [-0.2, -0.15) is 13.2 Å². The van der Waals surface area contributed by atoms with Gasteiger partial charge in [0.15, 0.2) is 0 Å². The average Bonchev–Trinajstić information content (AvgIpc) is 2.92. The van der Waals surface area contributed by atoms with E-state index in [1.165, 1.54) is 6.07 Å². The summed E-state index contributed by atoms with van der Waals surface area (Å²) in [6.45, 7) is 0. The minimum Gasteiger partial charge on any atom is -0.284 e. The summed E-state index contributed by atoms with van der Waals surface area (Å²) >= 11 is 0. The zero-order chi connectivity index (χ0) is 16.0. The summed E-state index contributed by atoms with van der Waals surface area (Å²) in [7, 11) is 0. The van der Waals surface area contributed by atoms with Gasteiger partial charge in [0.25, 0.3) is 0 Å². The van der Waals surface area contributed by atoms with E-state index in [1.54, 1.807) is 18.3 Å². The predicted molar refractivity (Wildman–Crippen MR) is 80.9 cm³/mol. The smallest absolute Gasteiger partial charge is 0.284 e. The van der Waals surface area contributed by atoms with E-state index in [0.29, 0.717) is 17.0 Å². The van der Waals surface area contributed by atoms with Crippen molar-refractivity contribution in [3.8, 4) is 11.3 Å². The second-order valence-electron chi connectivity index (χ2n) is 5.16. The minimum atomic E-state index is -4.37.